The van der Waals surface area contributed by atoms with Crippen LogP contribution in [-0.4, -0.2) is 43.8 Å². The molecule has 5 heteroatoms. The highest BCUT2D eigenvalue weighted by Gasteiger charge is 2.37. The highest BCUT2D eigenvalue weighted by Crippen LogP contribution is 2.43. The fourth-order valence-corrected chi connectivity index (χ4v) is 4.47. The van der Waals surface area contributed by atoms with Crippen molar-refractivity contribution in [3.63, 3.8) is 0 Å². The lowest BCUT2D eigenvalue weighted by Crippen LogP contribution is -2.45. The van der Waals surface area contributed by atoms with Gasteiger partial charge in [-0.3, -0.25) is 0 Å². The Morgan fingerprint density at radius 2 is 2.00 bits per heavy atom. The SMILES string of the molecule is CC1CCN(C(=O)NCC2(c3ccc4c(c3)OCCO4)CCCC2)C1. The molecule has 3 aliphatic rings. The fraction of sp³-hybridized carbons (Fsp3) is 0.650. The molecule has 2 aliphatic heterocycles. The van der Waals surface area contributed by atoms with Crippen LogP contribution in [0.3, 0.4) is 0 Å². The van der Waals surface area contributed by atoms with E-state index in [1.807, 2.05) is 11.0 Å². The van der Waals surface area contributed by atoms with E-state index in [2.05, 4.69) is 24.4 Å². The first-order valence-electron chi connectivity index (χ1n) is 9.59. The maximum atomic E-state index is 12.5. The van der Waals surface area contributed by atoms with Crippen LogP contribution in [0.15, 0.2) is 18.2 Å². The summed E-state index contributed by atoms with van der Waals surface area (Å²) in [5.74, 6) is 2.29. The van der Waals surface area contributed by atoms with Crippen LogP contribution in [0.5, 0.6) is 11.5 Å². The fourth-order valence-electron chi connectivity index (χ4n) is 4.47. The summed E-state index contributed by atoms with van der Waals surface area (Å²) in [7, 11) is 0. The minimum absolute atomic E-state index is 0.0246. The smallest absolute Gasteiger partial charge is 0.317 e. The van der Waals surface area contributed by atoms with Crippen molar-refractivity contribution in [3.05, 3.63) is 23.8 Å². The highest BCUT2D eigenvalue weighted by molar-refractivity contribution is 5.74. The van der Waals surface area contributed by atoms with Crippen molar-refractivity contribution < 1.29 is 14.3 Å². The third kappa shape index (κ3) is 3.29. The first kappa shape index (κ1) is 16.6. The molecule has 0 bridgehead atoms. The van der Waals surface area contributed by atoms with Gasteiger partial charge in [0.2, 0.25) is 0 Å². The summed E-state index contributed by atoms with van der Waals surface area (Å²) < 4.78 is 11.4. The van der Waals surface area contributed by atoms with Crippen molar-refractivity contribution in [3.8, 4) is 11.5 Å². The van der Waals surface area contributed by atoms with Gasteiger partial charge in [0.05, 0.1) is 0 Å². The molecule has 2 fully saturated rings. The van der Waals surface area contributed by atoms with Gasteiger partial charge < -0.3 is 19.7 Å². The first-order chi connectivity index (χ1) is 12.2. The average Bonchev–Trinajstić information content (AvgIpc) is 3.29. The Bertz CT molecular complexity index is 640. The molecular formula is C20H28N2O3. The molecule has 136 valence electrons. The number of hydrogen-bond donors (Lipinski definition) is 1. The molecule has 1 saturated carbocycles. The van der Waals surface area contributed by atoms with Crippen LogP contribution in [-0.2, 0) is 5.41 Å². The standard InChI is InChI=1S/C20H28N2O3/c1-15-6-9-22(13-15)19(23)21-14-20(7-2-3-8-20)16-4-5-17-18(12-16)25-11-10-24-17/h4-5,12,15H,2-3,6-11,13-14H2,1H3,(H,21,23). The van der Waals surface area contributed by atoms with E-state index in [1.165, 1.54) is 18.4 Å². The minimum Gasteiger partial charge on any atom is -0.486 e. The molecule has 1 aliphatic carbocycles. The Hall–Kier alpha value is -1.91. The third-order valence-electron chi connectivity index (χ3n) is 6.00. The van der Waals surface area contributed by atoms with E-state index >= 15 is 0 Å². The Labute approximate surface area is 149 Å². The Kier molecular flexibility index (Phi) is 4.48. The number of carbonyl (C=O) groups is 1. The molecule has 1 aromatic rings. The second kappa shape index (κ2) is 6.77. The van der Waals surface area contributed by atoms with Crippen LogP contribution in [0.4, 0.5) is 4.79 Å². The topological polar surface area (TPSA) is 50.8 Å². The summed E-state index contributed by atoms with van der Waals surface area (Å²) in [5, 5.41) is 3.22. The Morgan fingerprint density at radius 1 is 1.24 bits per heavy atom. The van der Waals surface area contributed by atoms with Crippen LogP contribution >= 0.6 is 0 Å². The quantitative estimate of drug-likeness (QED) is 0.915. The van der Waals surface area contributed by atoms with E-state index in [0.29, 0.717) is 25.7 Å². The summed E-state index contributed by atoms with van der Waals surface area (Å²) in [5.41, 5.74) is 1.29. The number of benzene rings is 1. The summed E-state index contributed by atoms with van der Waals surface area (Å²) in [4.78, 5) is 14.5. The number of urea groups is 1. The summed E-state index contributed by atoms with van der Waals surface area (Å²) >= 11 is 0. The summed E-state index contributed by atoms with van der Waals surface area (Å²) in [6.45, 7) is 5.89. The maximum absolute atomic E-state index is 12.5. The van der Waals surface area contributed by atoms with Gasteiger partial charge in [-0.1, -0.05) is 25.8 Å². The second-order valence-corrected chi connectivity index (χ2v) is 7.84. The number of hydrogen-bond acceptors (Lipinski definition) is 3. The molecule has 2 amide bonds. The van der Waals surface area contributed by atoms with Crippen molar-refractivity contribution in [2.75, 3.05) is 32.8 Å². The normalized spacial score (nSPS) is 24.4. The molecule has 1 N–H and O–H groups in total. The zero-order valence-electron chi connectivity index (χ0n) is 15.1. The molecular weight excluding hydrogens is 316 g/mol. The van der Waals surface area contributed by atoms with Gasteiger partial charge in [0, 0.05) is 25.0 Å². The van der Waals surface area contributed by atoms with Crippen LogP contribution in [0.2, 0.25) is 0 Å². The number of fused-ring (bicyclic) bond motifs is 1. The molecule has 1 unspecified atom stereocenters. The van der Waals surface area contributed by atoms with Crippen molar-refractivity contribution in [2.45, 2.75) is 44.4 Å². The van der Waals surface area contributed by atoms with Crippen LogP contribution in [0.25, 0.3) is 0 Å². The van der Waals surface area contributed by atoms with Gasteiger partial charge in [-0.15, -0.1) is 0 Å². The predicted molar refractivity (Wildman–Crippen MR) is 96.3 cm³/mol. The van der Waals surface area contributed by atoms with Gasteiger partial charge in [0.1, 0.15) is 13.2 Å². The van der Waals surface area contributed by atoms with Crippen LogP contribution < -0.4 is 14.8 Å². The van der Waals surface area contributed by atoms with Crippen molar-refractivity contribution in [1.29, 1.82) is 0 Å². The lowest BCUT2D eigenvalue weighted by Gasteiger charge is -2.32. The Balaban J connectivity index is 1.49. The van der Waals surface area contributed by atoms with E-state index in [0.717, 1.165) is 43.9 Å². The third-order valence-corrected chi connectivity index (χ3v) is 6.00. The van der Waals surface area contributed by atoms with Gasteiger partial charge >= 0.3 is 6.03 Å². The number of rotatable bonds is 3. The summed E-state index contributed by atoms with van der Waals surface area (Å²) in [6, 6.07) is 6.40. The van der Waals surface area contributed by atoms with E-state index in [-0.39, 0.29) is 11.4 Å². The molecule has 1 saturated heterocycles. The predicted octanol–water partition coefficient (Wildman–Crippen LogP) is 3.32. The van der Waals surface area contributed by atoms with Gasteiger partial charge in [-0.2, -0.15) is 0 Å². The van der Waals surface area contributed by atoms with Gasteiger partial charge in [0.25, 0.3) is 0 Å². The molecule has 5 nitrogen and oxygen atoms in total. The highest BCUT2D eigenvalue weighted by atomic mass is 16.6. The molecule has 1 atom stereocenters. The van der Waals surface area contributed by atoms with Gasteiger partial charge in [-0.05, 0) is 42.9 Å². The van der Waals surface area contributed by atoms with Crippen molar-refractivity contribution in [1.82, 2.24) is 10.2 Å². The molecule has 0 spiro atoms. The molecule has 0 aromatic heterocycles. The number of likely N-dealkylation sites (tertiary alicyclic amines) is 1. The van der Waals surface area contributed by atoms with Crippen LogP contribution in [0.1, 0.15) is 44.6 Å². The summed E-state index contributed by atoms with van der Waals surface area (Å²) in [6.07, 6.45) is 5.77. The zero-order chi connectivity index (χ0) is 17.3. The Morgan fingerprint density at radius 3 is 2.72 bits per heavy atom. The number of ether oxygens (including phenoxy) is 2. The van der Waals surface area contributed by atoms with E-state index in [4.69, 9.17) is 9.47 Å². The number of nitrogens with zero attached hydrogens (tertiary/aromatic N) is 1. The van der Waals surface area contributed by atoms with Gasteiger partial charge in [0.15, 0.2) is 11.5 Å². The molecule has 1 aromatic carbocycles. The largest absolute Gasteiger partial charge is 0.486 e. The second-order valence-electron chi connectivity index (χ2n) is 7.84. The van der Waals surface area contributed by atoms with Crippen molar-refractivity contribution >= 4 is 6.03 Å². The zero-order valence-corrected chi connectivity index (χ0v) is 15.1. The lowest BCUT2D eigenvalue weighted by molar-refractivity contribution is 0.171. The number of carbonyl (C=O) groups excluding carboxylic acids is 1. The molecule has 2 heterocycles. The van der Waals surface area contributed by atoms with Gasteiger partial charge in [-0.25, -0.2) is 4.79 Å². The minimum atomic E-state index is 0.0246. The number of amides is 2. The maximum Gasteiger partial charge on any atom is 0.317 e. The first-order valence-corrected chi connectivity index (χ1v) is 9.59. The van der Waals surface area contributed by atoms with Crippen molar-refractivity contribution in [2.24, 2.45) is 5.92 Å². The number of nitrogens with one attached hydrogen (secondary N) is 1. The molecule has 0 radical (unpaired) electrons. The van der Waals surface area contributed by atoms with E-state index < -0.39 is 0 Å². The van der Waals surface area contributed by atoms with Crippen LogP contribution in [0, 0.1) is 5.92 Å². The lowest BCUT2D eigenvalue weighted by atomic mass is 9.78. The molecule has 4 rings (SSSR count). The van der Waals surface area contributed by atoms with E-state index in [1.54, 1.807) is 0 Å². The monoisotopic (exact) mass is 344 g/mol. The van der Waals surface area contributed by atoms with E-state index in [9.17, 15) is 4.79 Å². The molecule has 25 heavy (non-hydrogen) atoms. The average molecular weight is 344 g/mol.